The fourth-order valence-electron chi connectivity index (χ4n) is 15.4. The molecule has 19 rings (SSSR count). The van der Waals surface area contributed by atoms with Crippen LogP contribution in [0, 0.1) is 27.7 Å². The minimum absolute atomic E-state index is 0.867. The van der Waals surface area contributed by atoms with E-state index in [4.69, 9.17) is 8.83 Å². The van der Waals surface area contributed by atoms with Crippen molar-refractivity contribution >= 4 is 154 Å². The predicted molar refractivity (Wildman–Crippen MR) is 370 cm³/mol. The molecule has 0 saturated carbocycles. The molecule has 19 aromatic rings. The highest BCUT2D eigenvalue weighted by Gasteiger charge is 2.31. The van der Waals surface area contributed by atoms with E-state index in [2.05, 4.69) is 301 Å². The largest absolute Gasteiger partial charge is 0.453 e. The molecule has 0 saturated heterocycles. The molecule has 0 fully saturated rings. The average Bonchev–Trinajstić information content (AvgIpc) is 1.56. The van der Waals surface area contributed by atoms with Gasteiger partial charge in [-0.2, -0.15) is 0 Å². The molecule has 13 aromatic carbocycles. The van der Waals surface area contributed by atoms with Crippen LogP contribution in [0.15, 0.2) is 264 Å². The molecule has 0 aliphatic rings. The number of rotatable bonds is 8. The fraction of sp³-hybridized carbons (Fsp3) is 0.0488. The molecule has 0 spiro atoms. The van der Waals surface area contributed by atoms with E-state index in [1.54, 1.807) is 0 Å². The van der Waals surface area contributed by atoms with Crippen molar-refractivity contribution in [1.82, 2.24) is 8.80 Å². The number of para-hydroxylation sites is 6. The molecular weight excluding hydrogens is 1070 g/mol. The van der Waals surface area contributed by atoms with E-state index >= 15 is 0 Å². The van der Waals surface area contributed by atoms with Gasteiger partial charge in [-0.3, -0.25) is 0 Å². The lowest BCUT2D eigenvalue weighted by Gasteiger charge is -2.28. The molecule has 0 amide bonds. The molecular formula is C82H54N4O2. The van der Waals surface area contributed by atoms with Crippen molar-refractivity contribution in [2.24, 2.45) is 0 Å². The van der Waals surface area contributed by atoms with Crippen LogP contribution in [0.4, 0.5) is 34.1 Å². The summed E-state index contributed by atoms with van der Waals surface area (Å²) in [5, 5.41) is 14.1. The van der Waals surface area contributed by atoms with Gasteiger partial charge in [0.15, 0.2) is 11.2 Å². The predicted octanol–water partition coefficient (Wildman–Crippen LogP) is 23.3. The minimum atomic E-state index is 0.867. The van der Waals surface area contributed by atoms with Crippen LogP contribution in [0.25, 0.3) is 142 Å². The van der Waals surface area contributed by atoms with Gasteiger partial charge in [0, 0.05) is 87.1 Å². The monoisotopic (exact) mass is 1130 g/mol. The zero-order valence-electron chi connectivity index (χ0n) is 48.9. The van der Waals surface area contributed by atoms with Crippen LogP contribution in [0.1, 0.15) is 22.3 Å². The number of hydrogen-bond donors (Lipinski definition) is 0. The molecule has 88 heavy (non-hydrogen) atoms. The van der Waals surface area contributed by atoms with Gasteiger partial charge in [-0.25, -0.2) is 0 Å². The van der Waals surface area contributed by atoms with E-state index in [1.807, 2.05) is 0 Å². The van der Waals surface area contributed by atoms with Gasteiger partial charge in [0.1, 0.15) is 11.2 Å². The summed E-state index contributed by atoms with van der Waals surface area (Å²) in [5.41, 5.74) is 26.2. The summed E-state index contributed by atoms with van der Waals surface area (Å²) in [4.78, 5) is 4.90. The van der Waals surface area contributed by atoms with Crippen LogP contribution < -0.4 is 9.80 Å². The number of furan rings is 2. The Morgan fingerprint density at radius 3 is 1.07 bits per heavy atom. The van der Waals surface area contributed by atoms with E-state index in [-0.39, 0.29) is 0 Å². The van der Waals surface area contributed by atoms with Gasteiger partial charge >= 0.3 is 0 Å². The van der Waals surface area contributed by atoms with Crippen LogP contribution in [0.3, 0.4) is 0 Å². The van der Waals surface area contributed by atoms with Crippen LogP contribution in [0.2, 0.25) is 0 Å². The van der Waals surface area contributed by atoms with Gasteiger partial charge in [-0.1, -0.05) is 194 Å². The van der Waals surface area contributed by atoms with E-state index in [0.29, 0.717) is 0 Å². The average molecular weight is 1130 g/mol. The summed E-state index contributed by atoms with van der Waals surface area (Å²) in [6.07, 6.45) is 0. The van der Waals surface area contributed by atoms with Gasteiger partial charge < -0.3 is 27.4 Å². The molecule has 0 bridgehead atoms. The molecule has 0 aliphatic carbocycles. The van der Waals surface area contributed by atoms with Gasteiger partial charge in [-0.05, 0) is 122 Å². The first kappa shape index (κ1) is 49.0. The van der Waals surface area contributed by atoms with E-state index in [1.165, 1.54) is 87.4 Å². The second-order valence-electron chi connectivity index (χ2n) is 24.1. The lowest BCUT2D eigenvalue weighted by atomic mass is 9.98. The summed E-state index contributed by atoms with van der Waals surface area (Å²) < 4.78 is 19.6. The highest BCUT2D eigenvalue weighted by Crippen LogP contribution is 2.54. The summed E-state index contributed by atoms with van der Waals surface area (Å²) in [7, 11) is 0. The molecule has 0 N–H and O–H groups in total. The third-order valence-electron chi connectivity index (χ3n) is 19.3. The van der Waals surface area contributed by atoms with E-state index < -0.39 is 0 Å². The SMILES string of the molecule is Cc1ccccc1-c1cccc2c1oc1c(N(c3ccccc3)c3cccc4c3c3cccc5c6cc7c(cc6n4c53)c3cccc4c5c(N(c6ccccc6)c6c(C)ccc8c6oc6c(-c9ccccc9C)cccc68)cccc5n7c34)c(C)ccc12. The molecule has 0 aliphatic heterocycles. The maximum atomic E-state index is 7.28. The smallest absolute Gasteiger partial charge is 0.159 e. The number of aromatic nitrogens is 2. The Bertz CT molecular complexity index is 5740. The summed E-state index contributed by atoms with van der Waals surface area (Å²) in [6.45, 7) is 8.78. The minimum Gasteiger partial charge on any atom is -0.453 e. The Labute approximate surface area is 505 Å². The molecule has 6 aromatic heterocycles. The van der Waals surface area contributed by atoms with Gasteiger partial charge in [-0.15, -0.1) is 0 Å². The zero-order valence-corrected chi connectivity index (χ0v) is 48.9. The second-order valence-corrected chi connectivity index (χ2v) is 24.1. The lowest BCUT2D eigenvalue weighted by molar-refractivity contribution is 0.669. The number of anilines is 6. The molecule has 6 nitrogen and oxygen atoms in total. The van der Waals surface area contributed by atoms with Gasteiger partial charge in [0.25, 0.3) is 0 Å². The molecule has 6 heterocycles. The molecule has 0 radical (unpaired) electrons. The van der Waals surface area contributed by atoms with Crippen molar-refractivity contribution in [3.8, 4) is 22.3 Å². The number of hydrogen-bond acceptors (Lipinski definition) is 4. The van der Waals surface area contributed by atoms with Gasteiger partial charge in [0.2, 0.25) is 0 Å². The molecule has 0 unspecified atom stereocenters. The van der Waals surface area contributed by atoms with Crippen molar-refractivity contribution in [3.05, 3.63) is 277 Å². The maximum absolute atomic E-state index is 7.28. The first-order chi connectivity index (χ1) is 43.4. The third kappa shape index (κ3) is 6.55. The van der Waals surface area contributed by atoms with Gasteiger partial charge in [0.05, 0.1) is 55.8 Å². The Balaban J connectivity index is 0.833. The summed E-state index contributed by atoms with van der Waals surface area (Å²) >= 11 is 0. The highest BCUT2D eigenvalue weighted by molar-refractivity contribution is 6.32. The number of nitrogens with zero attached hydrogens (tertiary/aromatic N) is 4. The van der Waals surface area contributed by atoms with Crippen LogP contribution in [-0.2, 0) is 0 Å². The Kier molecular flexibility index (Phi) is 10.1. The Hall–Kier alpha value is -11.3. The maximum Gasteiger partial charge on any atom is 0.159 e. The molecule has 0 atom stereocenters. The van der Waals surface area contributed by atoms with E-state index in [9.17, 15) is 0 Å². The van der Waals surface area contributed by atoms with Crippen molar-refractivity contribution < 1.29 is 8.83 Å². The zero-order chi connectivity index (χ0) is 58.2. The molecule has 414 valence electrons. The summed E-state index contributed by atoms with van der Waals surface area (Å²) in [6, 6.07) is 93.4. The van der Waals surface area contributed by atoms with Crippen LogP contribution >= 0.6 is 0 Å². The first-order valence-corrected chi connectivity index (χ1v) is 30.4. The number of benzene rings is 13. The van der Waals surface area contributed by atoms with Crippen LogP contribution in [-0.4, -0.2) is 8.80 Å². The summed E-state index contributed by atoms with van der Waals surface area (Å²) in [5.74, 6) is 0. The second kappa shape index (κ2) is 18.1. The lowest BCUT2D eigenvalue weighted by Crippen LogP contribution is -2.12. The van der Waals surface area contributed by atoms with E-state index in [0.717, 1.165) is 111 Å². The fourth-order valence-corrected chi connectivity index (χ4v) is 15.4. The standard InChI is InChI=1S/C82H54N4O2/c1-47-21-11-13-27-53(47)57-31-17-33-59-61-43-41-49(3)75(81(61)87-79(57)59)83(51-23-7-5-8-24-51)67-37-19-39-69-73(67)63-35-15-29-55-65-46-72-66(45-71(65)85(69)77(55)63)56-30-16-36-64-74-68(38-20-40-70(74)86(72)78(56)64)84(52-25-9-6-10-26-52)76-50(4)42-44-62-60-34-18-32-58(80(60)88-82(62)76)54-28-14-12-22-48(54)2/h5-46H,1-4H3. The normalized spacial score (nSPS) is 12.3. The number of fused-ring (bicyclic) bond motifs is 18. The van der Waals surface area contributed by atoms with Crippen molar-refractivity contribution in [2.45, 2.75) is 27.7 Å². The Morgan fingerprint density at radius 1 is 0.261 bits per heavy atom. The topological polar surface area (TPSA) is 41.6 Å². The van der Waals surface area contributed by atoms with Crippen molar-refractivity contribution in [3.63, 3.8) is 0 Å². The van der Waals surface area contributed by atoms with Crippen molar-refractivity contribution in [1.29, 1.82) is 0 Å². The van der Waals surface area contributed by atoms with Crippen molar-refractivity contribution in [2.75, 3.05) is 9.80 Å². The molecule has 6 heteroatoms. The number of aryl methyl sites for hydroxylation is 4. The quantitative estimate of drug-likeness (QED) is 0.152. The third-order valence-corrected chi connectivity index (χ3v) is 19.3. The Morgan fingerprint density at radius 2 is 0.625 bits per heavy atom. The van der Waals surface area contributed by atoms with Crippen LogP contribution in [0.5, 0.6) is 0 Å². The first-order valence-electron chi connectivity index (χ1n) is 30.4. The highest BCUT2D eigenvalue weighted by atomic mass is 16.3.